The van der Waals surface area contributed by atoms with E-state index in [0.29, 0.717) is 17.7 Å². The monoisotopic (exact) mass is 229 g/mol. The molecule has 0 spiro atoms. The van der Waals surface area contributed by atoms with Gasteiger partial charge >= 0.3 is 0 Å². The zero-order valence-corrected chi connectivity index (χ0v) is 9.91. The molecule has 1 aromatic heterocycles. The maximum absolute atomic E-state index is 5.57. The molecule has 0 amide bonds. The fraction of sp³-hybridized carbons (Fsp3) is 0.625. The highest BCUT2D eigenvalue weighted by Gasteiger charge is 2.05. The van der Waals surface area contributed by atoms with E-state index >= 15 is 0 Å². The molecular weight excluding hydrogens is 214 g/mol. The Morgan fingerprint density at radius 2 is 2.07 bits per heavy atom. The van der Waals surface area contributed by atoms with Crippen molar-refractivity contribution in [3.8, 4) is 0 Å². The van der Waals surface area contributed by atoms with Gasteiger partial charge in [-0.3, -0.25) is 0 Å². The molecule has 0 radical (unpaired) electrons. The van der Waals surface area contributed by atoms with E-state index in [1.54, 1.807) is 12.0 Å². The van der Waals surface area contributed by atoms with Crippen LogP contribution in [0.1, 0.15) is 0 Å². The number of nitrogen functional groups attached to an aromatic ring is 1. The van der Waals surface area contributed by atoms with Gasteiger partial charge in [-0.25, -0.2) is 0 Å². The van der Waals surface area contributed by atoms with Crippen molar-refractivity contribution in [2.75, 3.05) is 44.2 Å². The van der Waals surface area contributed by atoms with Crippen molar-refractivity contribution in [2.24, 2.45) is 0 Å². The van der Waals surface area contributed by atoms with Gasteiger partial charge in [-0.05, 0) is 0 Å². The summed E-state index contributed by atoms with van der Waals surface area (Å²) in [6, 6.07) is 0. The average molecular weight is 229 g/mol. The molecule has 1 aromatic rings. The van der Waals surface area contributed by atoms with Crippen LogP contribution in [-0.4, -0.2) is 48.5 Å². The molecule has 1 rings (SSSR count). The molecule has 0 aliphatic rings. The van der Waals surface area contributed by atoms with Crippen molar-refractivity contribution in [3.05, 3.63) is 0 Å². The van der Waals surface area contributed by atoms with Gasteiger partial charge in [0.25, 0.3) is 0 Å². The Morgan fingerprint density at radius 3 is 2.67 bits per heavy atom. The summed E-state index contributed by atoms with van der Waals surface area (Å²) in [6.45, 7) is 0.660. The molecule has 0 saturated carbocycles. The quantitative estimate of drug-likeness (QED) is 0.573. The number of anilines is 2. The Bertz CT molecular complexity index is 320. The van der Waals surface area contributed by atoms with Crippen LogP contribution in [0.3, 0.4) is 0 Å². The maximum atomic E-state index is 5.57. The van der Waals surface area contributed by atoms with Crippen molar-refractivity contribution in [3.63, 3.8) is 0 Å². The predicted octanol–water partition coefficient (Wildman–Crippen LogP) is 0.258. The lowest BCUT2D eigenvalue weighted by atomic mass is 10.8. The lowest BCUT2D eigenvalue weighted by molar-refractivity contribution is 0.218. The first kappa shape index (κ1) is 12.0. The minimum Gasteiger partial charge on any atom is -0.384 e. The molecule has 0 saturated heterocycles. The number of nitrogens with zero attached hydrogens (tertiary/aromatic N) is 4. The predicted molar refractivity (Wildman–Crippen MR) is 61.2 cm³/mol. The molecule has 0 fully saturated rings. The summed E-state index contributed by atoms with van der Waals surface area (Å²) in [5.74, 6) is 1.61. The minimum atomic E-state index is 0.244. The average Bonchev–Trinajstić information content (AvgIpc) is 2.17. The Kier molecular flexibility index (Phi) is 4.57. The zero-order valence-electron chi connectivity index (χ0n) is 9.10. The highest BCUT2D eigenvalue weighted by molar-refractivity contribution is 7.99. The Labute approximate surface area is 93.3 Å². The van der Waals surface area contributed by atoms with E-state index in [1.165, 1.54) is 11.8 Å². The Morgan fingerprint density at radius 1 is 1.33 bits per heavy atom. The summed E-state index contributed by atoms with van der Waals surface area (Å²) in [7, 11) is 5.38. The second-order valence-electron chi connectivity index (χ2n) is 3.01. The van der Waals surface area contributed by atoms with Crippen LogP contribution in [0.15, 0.2) is 5.16 Å². The number of rotatable bonds is 5. The number of ether oxygens (including phenoxy) is 1. The first-order valence-corrected chi connectivity index (χ1v) is 5.42. The standard InChI is InChI=1S/C8H15N5OS/c1-13(2)7-10-6(9)11-8(12-7)15-5-4-14-3/h4-5H2,1-3H3,(H2,9,10,11,12). The first-order chi connectivity index (χ1) is 7.13. The highest BCUT2D eigenvalue weighted by atomic mass is 32.2. The summed E-state index contributed by atoms with van der Waals surface area (Å²) < 4.78 is 4.94. The Balaban J connectivity index is 2.71. The van der Waals surface area contributed by atoms with Crippen LogP contribution in [0, 0.1) is 0 Å². The van der Waals surface area contributed by atoms with Gasteiger partial charge in [-0.1, -0.05) is 11.8 Å². The third-order valence-corrected chi connectivity index (χ3v) is 2.35. The normalized spacial score (nSPS) is 10.3. The van der Waals surface area contributed by atoms with Crippen molar-refractivity contribution in [1.82, 2.24) is 15.0 Å². The lowest BCUT2D eigenvalue weighted by Crippen LogP contribution is -2.15. The van der Waals surface area contributed by atoms with Gasteiger partial charge in [0.05, 0.1) is 6.61 Å². The second kappa shape index (κ2) is 5.72. The molecule has 0 aliphatic carbocycles. The van der Waals surface area contributed by atoms with E-state index < -0.39 is 0 Å². The van der Waals surface area contributed by atoms with E-state index in [4.69, 9.17) is 10.5 Å². The molecule has 15 heavy (non-hydrogen) atoms. The van der Waals surface area contributed by atoms with Gasteiger partial charge in [0, 0.05) is 27.0 Å². The number of aromatic nitrogens is 3. The summed E-state index contributed by atoms with van der Waals surface area (Å²) in [5.41, 5.74) is 5.57. The highest BCUT2D eigenvalue weighted by Crippen LogP contribution is 2.15. The molecule has 7 heteroatoms. The summed E-state index contributed by atoms with van der Waals surface area (Å²) >= 11 is 1.50. The van der Waals surface area contributed by atoms with Crippen LogP contribution in [-0.2, 0) is 4.74 Å². The number of nitrogens with two attached hydrogens (primary N) is 1. The van der Waals surface area contributed by atoms with Gasteiger partial charge in [0.15, 0.2) is 5.16 Å². The third-order valence-electron chi connectivity index (χ3n) is 1.54. The topological polar surface area (TPSA) is 77.2 Å². The van der Waals surface area contributed by atoms with E-state index in [0.717, 1.165) is 5.75 Å². The molecule has 0 unspecified atom stereocenters. The van der Waals surface area contributed by atoms with Gasteiger partial charge in [-0.15, -0.1) is 0 Å². The molecular formula is C8H15N5OS. The zero-order chi connectivity index (χ0) is 11.3. The smallest absolute Gasteiger partial charge is 0.230 e. The van der Waals surface area contributed by atoms with Crippen LogP contribution in [0.2, 0.25) is 0 Å². The molecule has 0 atom stereocenters. The van der Waals surface area contributed by atoms with Crippen LogP contribution in [0.4, 0.5) is 11.9 Å². The lowest BCUT2D eigenvalue weighted by Gasteiger charge is -2.10. The van der Waals surface area contributed by atoms with Crippen molar-refractivity contribution < 1.29 is 4.74 Å². The number of hydrogen-bond acceptors (Lipinski definition) is 7. The number of hydrogen-bond donors (Lipinski definition) is 1. The van der Waals surface area contributed by atoms with E-state index in [2.05, 4.69) is 15.0 Å². The number of thioether (sulfide) groups is 1. The van der Waals surface area contributed by atoms with Crippen molar-refractivity contribution in [2.45, 2.75) is 5.16 Å². The summed E-state index contributed by atoms with van der Waals surface area (Å²) in [4.78, 5) is 14.0. The van der Waals surface area contributed by atoms with E-state index in [1.807, 2.05) is 14.1 Å². The van der Waals surface area contributed by atoms with Gasteiger partial charge in [0.2, 0.25) is 11.9 Å². The third kappa shape index (κ3) is 3.88. The molecule has 2 N–H and O–H groups in total. The van der Waals surface area contributed by atoms with Crippen LogP contribution < -0.4 is 10.6 Å². The van der Waals surface area contributed by atoms with Gasteiger partial charge < -0.3 is 15.4 Å². The maximum Gasteiger partial charge on any atom is 0.230 e. The second-order valence-corrected chi connectivity index (χ2v) is 4.07. The van der Waals surface area contributed by atoms with Gasteiger partial charge in [-0.2, -0.15) is 15.0 Å². The molecule has 1 heterocycles. The summed E-state index contributed by atoms with van der Waals surface area (Å²) in [6.07, 6.45) is 0. The van der Waals surface area contributed by atoms with E-state index in [-0.39, 0.29) is 5.95 Å². The van der Waals surface area contributed by atoms with Crippen LogP contribution in [0.25, 0.3) is 0 Å². The van der Waals surface area contributed by atoms with Crippen molar-refractivity contribution >= 4 is 23.7 Å². The fourth-order valence-corrected chi connectivity index (χ4v) is 1.58. The minimum absolute atomic E-state index is 0.244. The fourth-order valence-electron chi connectivity index (χ4n) is 0.842. The molecule has 0 aromatic carbocycles. The molecule has 84 valence electrons. The van der Waals surface area contributed by atoms with Crippen molar-refractivity contribution in [1.29, 1.82) is 0 Å². The SMILES string of the molecule is COCCSc1nc(N)nc(N(C)C)n1. The van der Waals surface area contributed by atoms with E-state index in [9.17, 15) is 0 Å². The molecule has 6 nitrogen and oxygen atoms in total. The molecule has 0 aliphatic heterocycles. The van der Waals surface area contributed by atoms with Gasteiger partial charge in [0.1, 0.15) is 0 Å². The molecule has 0 bridgehead atoms. The Hall–Kier alpha value is -1.08. The largest absolute Gasteiger partial charge is 0.384 e. The van der Waals surface area contributed by atoms with Crippen LogP contribution >= 0.6 is 11.8 Å². The first-order valence-electron chi connectivity index (χ1n) is 4.44. The summed E-state index contributed by atoms with van der Waals surface area (Å²) in [5, 5.41) is 0.628. The van der Waals surface area contributed by atoms with Crippen LogP contribution in [0.5, 0.6) is 0 Å². The number of methoxy groups -OCH3 is 1.